The zero-order valence-corrected chi connectivity index (χ0v) is 12.1. The fourth-order valence-corrected chi connectivity index (χ4v) is 2.95. The fourth-order valence-electron chi connectivity index (χ4n) is 1.69. The molecule has 20 heavy (non-hydrogen) atoms. The van der Waals surface area contributed by atoms with Crippen molar-refractivity contribution >= 4 is 21.6 Å². The standard InChI is InChI=1S/C13H14ClNO4S/c14-13-4-3-12(8-10(13)9-16)20(17,18)15-6-5-11-2-1-7-19-11/h1-4,7-8,15-16H,5-6,9H2. The van der Waals surface area contributed by atoms with Gasteiger partial charge in [-0.05, 0) is 35.9 Å². The van der Waals surface area contributed by atoms with Gasteiger partial charge in [0.05, 0.1) is 17.8 Å². The molecule has 2 rings (SSSR count). The molecule has 0 radical (unpaired) electrons. The highest BCUT2D eigenvalue weighted by Crippen LogP contribution is 2.20. The summed E-state index contributed by atoms with van der Waals surface area (Å²) >= 11 is 5.83. The van der Waals surface area contributed by atoms with Gasteiger partial charge in [-0.1, -0.05) is 11.6 Å². The van der Waals surface area contributed by atoms with Crippen LogP contribution in [0.3, 0.4) is 0 Å². The number of aliphatic hydroxyl groups is 1. The lowest BCUT2D eigenvalue weighted by atomic mass is 10.2. The summed E-state index contributed by atoms with van der Waals surface area (Å²) in [5.41, 5.74) is 0.376. The first-order valence-corrected chi connectivity index (χ1v) is 7.80. The summed E-state index contributed by atoms with van der Waals surface area (Å²) in [7, 11) is -3.62. The van der Waals surface area contributed by atoms with Crippen LogP contribution in [-0.4, -0.2) is 20.1 Å². The van der Waals surface area contributed by atoms with Crippen LogP contribution in [0.1, 0.15) is 11.3 Å². The quantitative estimate of drug-likeness (QED) is 0.854. The zero-order valence-electron chi connectivity index (χ0n) is 10.5. The summed E-state index contributed by atoms with van der Waals surface area (Å²) in [6.45, 7) is -0.0818. The first-order chi connectivity index (χ1) is 9.53. The molecule has 2 aromatic rings. The van der Waals surface area contributed by atoms with Crippen molar-refractivity contribution in [3.63, 3.8) is 0 Å². The van der Waals surface area contributed by atoms with E-state index < -0.39 is 10.0 Å². The van der Waals surface area contributed by atoms with Crippen molar-refractivity contribution in [1.29, 1.82) is 0 Å². The highest BCUT2D eigenvalue weighted by atomic mass is 35.5. The van der Waals surface area contributed by atoms with Crippen LogP contribution >= 0.6 is 11.6 Å². The van der Waals surface area contributed by atoms with E-state index in [-0.39, 0.29) is 18.0 Å². The van der Waals surface area contributed by atoms with Gasteiger partial charge in [0.1, 0.15) is 5.76 Å². The minimum Gasteiger partial charge on any atom is -0.469 e. The summed E-state index contributed by atoms with van der Waals surface area (Å²) in [4.78, 5) is 0.0744. The average molecular weight is 316 g/mol. The Kier molecular flexibility index (Phi) is 4.82. The Morgan fingerprint density at radius 1 is 1.30 bits per heavy atom. The molecule has 0 atom stereocenters. The Morgan fingerprint density at radius 2 is 2.10 bits per heavy atom. The molecule has 0 aliphatic heterocycles. The first-order valence-electron chi connectivity index (χ1n) is 5.94. The maximum atomic E-state index is 12.1. The molecule has 2 N–H and O–H groups in total. The molecule has 0 saturated carbocycles. The lowest BCUT2D eigenvalue weighted by Gasteiger charge is -2.08. The fraction of sp³-hybridized carbons (Fsp3) is 0.231. The van der Waals surface area contributed by atoms with Gasteiger partial charge in [-0.25, -0.2) is 13.1 Å². The van der Waals surface area contributed by atoms with E-state index in [2.05, 4.69) is 4.72 Å². The van der Waals surface area contributed by atoms with E-state index in [1.807, 2.05) is 0 Å². The van der Waals surface area contributed by atoms with Crippen molar-refractivity contribution in [1.82, 2.24) is 4.72 Å². The van der Waals surface area contributed by atoms with Crippen molar-refractivity contribution in [2.24, 2.45) is 0 Å². The smallest absolute Gasteiger partial charge is 0.240 e. The maximum Gasteiger partial charge on any atom is 0.240 e. The Morgan fingerprint density at radius 3 is 2.75 bits per heavy atom. The van der Waals surface area contributed by atoms with Crippen LogP contribution in [0, 0.1) is 0 Å². The van der Waals surface area contributed by atoms with E-state index in [1.165, 1.54) is 24.5 Å². The van der Waals surface area contributed by atoms with E-state index in [1.54, 1.807) is 12.1 Å². The molecule has 0 spiro atoms. The van der Waals surface area contributed by atoms with Crippen molar-refractivity contribution in [3.8, 4) is 0 Å². The van der Waals surface area contributed by atoms with Crippen molar-refractivity contribution in [3.05, 3.63) is 52.9 Å². The van der Waals surface area contributed by atoms with E-state index >= 15 is 0 Å². The second-order valence-corrected chi connectivity index (χ2v) is 6.31. The third-order valence-electron chi connectivity index (χ3n) is 2.74. The van der Waals surface area contributed by atoms with Crippen LogP contribution in [0.2, 0.25) is 5.02 Å². The molecule has 0 aliphatic rings. The minimum absolute atomic E-state index is 0.0744. The molecular formula is C13H14ClNO4S. The number of hydrogen-bond acceptors (Lipinski definition) is 4. The average Bonchev–Trinajstić information content (AvgIpc) is 2.92. The normalized spacial score (nSPS) is 11.7. The van der Waals surface area contributed by atoms with Gasteiger partial charge in [-0.15, -0.1) is 0 Å². The summed E-state index contributed by atoms with van der Waals surface area (Å²) in [6, 6.07) is 7.74. The van der Waals surface area contributed by atoms with Crippen molar-refractivity contribution in [2.75, 3.05) is 6.54 Å². The van der Waals surface area contributed by atoms with Gasteiger partial charge >= 0.3 is 0 Å². The molecule has 1 aromatic carbocycles. The van der Waals surface area contributed by atoms with E-state index in [4.69, 9.17) is 21.1 Å². The molecule has 7 heteroatoms. The Hall–Kier alpha value is -1.34. The van der Waals surface area contributed by atoms with Crippen LogP contribution in [0.4, 0.5) is 0 Å². The van der Waals surface area contributed by atoms with Gasteiger partial charge in [-0.2, -0.15) is 0 Å². The molecule has 0 bridgehead atoms. The second kappa shape index (κ2) is 6.41. The second-order valence-electron chi connectivity index (χ2n) is 4.14. The topological polar surface area (TPSA) is 79.5 Å². The van der Waals surface area contributed by atoms with Crippen LogP contribution in [0.25, 0.3) is 0 Å². The van der Waals surface area contributed by atoms with Crippen LogP contribution in [-0.2, 0) is 23.1 Å². The molecule has 108 valence electrons. The minimum atomic E-state index is -3.62. The maximum absolute atomic E-state index is 12.1. The van der Waals surface area contributed by atoms with E-state index in [0.29, 0.717) is 22.8 Å². The summed E-state index contributed by atoms with van der Waals surface area (Å²) in [5, 5.41) is 9.43. The predicted octanol–water partition coefficient (Wildman–Crippen LogP) is 1.95. The lowest BCUT2D eigenvalue weighted by molar-refractivity contribution is 0.281. The third kappa shape index (κ3) is 3.61. The number of rotatable bonds is 6. The van der Waals surface area contributed by atoms with E-state index in [0.717, 1.165) is 0 Å². The molecular weight excluding hydrogens is 302 g/mol. The Bertz CT molecular complexity index is 668. The molecule has 1 heterocycles. The highest BCUT2D eigenvalue weighted by Gasteiger charge is 2.15. The largest absolute Gasteiger partial charge is 0.469 e. The molecule has 1 aromatic heterocycles. The van der Waals surface area contributed by atoms with Crippen LogP contribution in [0.5, 0.6) is 0 Å². The van der Waals surface area contributed by atoms with Gasteiger partial charge in [0, 0.05) is 18.0 Å². The number of furan rings is 1. The summed E-state index contributed by atoms with van der Waals surface area (Å²) in [5.74, 6) is 0.708. The molecule has 0 unspecified atom stereocenters. The summed E-state index contributed by atoms with van der Waals surface area (Å²) in [6.07, 6.45) is 2.00. The number of halogens is 1. The molecule has 0 fully saturated rings. The predicted molar refractivity (Wildman–Crippen MR) is 75.0 cm³/mol. The Balaban J connectivity index is 2.06. The number of hydrogen-bond donors (Lipinski definition) is 2. The van der Waals surface area contributed by atoms with Crippen molar-refractivity contribution < 1.29 is 17.9 Å². The number of aliphatic hydroxyl groups excluding tert-OH is 1. The zero-order chi connectivity index (χ0) is 14.6. The highest BCUT2D eigenvalue weighted by molar-refractivity contribution is 7.89. The van der Waals surface area contributed by atoms with Crippen molar-refractivity contribution in [2.45, 2.75) is 17.9 Å². The van der Waals surface area contributed by atoms with E-state index in [9.17, 15) is 8.42 Å². The van der Waals surface area contributed by atoms with Gasteiger partial charge in [0.2, 0.25) is 10.0 Å². The lowest BCUT2D eigenvalue weighted by Crippen LogP contribution is -2.26. The monoisotopic (exact) mass is 315 g/mol. The molecule has 0 saturated heterocycles. The van der Waals surface area contributed by atoms with Crippen LogP contribution in [0.15, 0.2) is 45.9 Å². The third-order valence-corrected chi connectivity index (χ3v) is 4.57. The SMILES string of the molecule is O=S(=O)(NCCc1ccco1)c1ccc(Cl)c(CO)c1. The molecule has 0 amide bonds. The van der Waals surface area contributed by atoms with Gasteiger partial charge in [0.25, 0.3) is 0 Å². The van der Waals surface area contributed by atoms with Crippen LogP contribution < -0.4 is 4.72 Å². The Labute approximate surface area is 122 Å². The van der Waals surface area contributed by atoms with Gasteiger partial charge in [0.15, 0.2) is 0 Å². The van der Waals surface area contributed by atoms with Gasteiger partial charge < -0.3 is 9.52 Å². The first kappa shape index (κ1) is 15.1. The summed E-state index contributed by atoms with van der Waals surface area (Å²) < 4.78 is 31.7. The molecule has 0 aliphatic carbocycles. The van der Waals surface area contributed by atoms with Gasteiger partial charge in [-0.3, -0.25) is 0 Å². The number of nitrogens with one attached hydrogen (secondary N) is 1. The number of benzene rings is 1. The number of sulfonamides is 1. The molecule has 5 nitrogen and oxygen atoms in total.